The minimum absolute atomic E-state index is 0.0312. The molecule has 3 rings (SSSR count). The van der Waals surface area contributed by atoms with Crippen molar-refractivity contribution in [3.05, 3.63) is 106 Å². The number of carbonyl (C=O) groups is 2. The second kappa shape index (κ2) is 11.5. The molecule has 1 atom stereocenters. The van der Waals surface area contributed by atoms with Crippen LogP contribution in [0.15, 0.2) is 89.4 Å². The maximum absolute atomic E-state index is 13.4. The normalized spacial score (nSPS) is 11.5. The van der Waals surface area contributed by atoms with E-state index in [0.29, 0.717) is 25.8 Å². The Morgan fingerprint density at radius 1 is 0.839 bits per heavy atom. The lowest BCUT2D eigenvalue weighted by Gasteiger charge is -2.31. The molecule has 3 aromatic carbocycles. The maximum atomic E-state index is 13.4. The molecule has 31 heavy (non-hydrogen) atoms. The van der Waals surface area contributed by atoms with E-state index in [-0.39, 0.29) is 11.8 Å². The van der Waals surface area contributed by atoms with Gasteiger partial charge in [0, 0.05) is 30.9 Å². The monoisotopic (exact) mass is 478 g/mol. The molecular weight excluding hydrogens is 452 g/mol. The summed E-state index contributed by atoms with van der Waals surface area (Å²) in [5.74, 6) is -0.190. The first kappa shape index (κ1) is 22.8. The molecule has 0 fully saturated rings. The Morgan fingerprint density at radius 3 is 2.00 bits per heavy atom. The van der Waals surface area contributed by atoms with Gasteiger partial charge < -0.3 is 10.2 Å². The SMILES string of the molecule is CNC(=O)[C@@H](Cc1ccccc1)N(Cc1ccc(Br)cc1)C(=O)CCc1ccccc1. The number of benzene rings is 3. The topological polar surface area (TPSA) is 49.4 Å². The highest BCUT2D eigenvalue weighted by Crippen LogP contribution is 2.18. The summed E-state index contributed by atoms with van der Waals surface area (Å²) in [7, 11) is 1.62. The third-order valence-electron chi connectivity index (χ3n) is 5.25. The quantitative estimate of drug-likeness (QED) is 0.481. The molecule has 0 unspecified atom stereocenters. The fraction of sp³-hybridized carbons (Fsp3) is 0.231. The van der Waals surface area contributed by atoms with Crippen LogP contribution >= 0.6 is 15.9 Å². The molecular formula is C26H27BrN2O2. The van der Waals surface area contributed by atoms with Crippen molar-refractivity contribution in [3.8, 4) is 0 Å². The van der Waals surface area contributed by atoms with Gasteiger partial charge in [-0.1, -0.05) is 88.7 Å². The number of nitrogens with zero attached hydrogens (tertiary/aromatic N) is 1. The molecule has 4 nitrogen and oxygen atoms in total. The second-order valence-electron chi connectivity index (χ2n) is 7.45. The van der Waals surface area contributed by atoms with Crippen molar-refractivity contribution in [3.63, 3.8) is 0 Å². The zero-order valence-electron chi connectivity index (χ0n) is 17.6. The molecule has 0 radical (unpaired) electrons. The fourth-order valence-electron chi connectivity index (χ4n) is 3.55. The smallest absolute Gasteiger partial charge is 0.242 e. The molecule has 2 amide bonds. The molecule has 0 saturated carbocycles. The molecule has 5 heteroatoms. The molecule has 3 aromatic rings. The first-order chi connectivity index (χ1) is 15.1. The average Bonchev–Trinajstić information content (AvgIpc) is 2.81. The van der Waals surface area contributed by atoms with E-state index in [2.05, 4.69) is 21.2 Å². The highest BCUT2D eigenvalue weighted by atomic mass is 79.9. The van der Waals surface area contributed by atoms with Gasteiger partial charge in [0.15, 0.2) is 0 Å². The van der Waals surface area contributed by atoms with Crippen LogP contribution in [0.3, 0.4) is 0 Å². The number of halogens is 1. The number of aryl methyl sites for hydroxylation is 1. The van der Waals surface area contributed by atoms with Gasteiger partial charge in [-0.2, -0.15) is 0 Å². The summed E-state index contributed by atoms with van der Waals surface area (Å²) in [4.78, 5) is 28.0. The van der Waals surface area contributed by atoms with Crippen LogP contribution in [0.2, 0.25) is 0 Å². The summed E-state index contributed by atoms with van der Waals surface area (Å²) >= 11 is 3.45. The summed E-state index contributed by atoms with van der Waals surface area (Å²) in [6.07, 6.45) is 1.46. The predicted octanol–water partition coefficient (Wildman–Crippen LogP) is 4.77. The minimum Gasteiger partial charge on any atom is -0.357 e. The van der Waals surface area contributed by atoms with Crippen LogP contribution in [-0.4, -0.2) is 29.8 Å². The van der Waals surface area contributed by atoms with Gasteiger partial charge in [-0.3, -0.25) is 9.59 Å². The summed E-state index contributed by atoms with van der Waals surface area (Å²) in [6.45, 7) is 0.381. The Hall–Kier alpha value is -2.92. The van der Waals surface area contributed by atoms with Crippen LogP contribution in [0, 0.1) is 0 Å². The van der Waals surface area contributed by atoms with Gasteiger partial charge in [0.25, 0.3) is 0 Å². The Morgan fingerprint density at radius 2 is 1.42 bits per heavy atom. The van der Waals surface area contributed by atoms with Crippen molar-refractivity contribution >= 4 is 27.7 Å². The molecule has 1 N–H and O–H groups in total. The Balaban J connectivity index is 1.86. The van der Waals surface area contributed by atoms with Gasteiger partial charge in [0.1, 0.15) is 6.04 Å². The van der Waals surface area contributed by atoms with Crippen LogP contribution in [-0.2, 0) is 29.0 Å². The molecule has 0 heterocycles. The number of carbonyl (C=O) groups excluding carboxylic acids is 2. The van der Waals surface area contributed by atoms with Gasteiger partial charge in [0.2, 0.25) is 11.8 Å². The van der Waals surface area contributed by atoms with E-state index < -0.39 is 6.04 Å². The lowest BCUT2D eigenvalue weighted by atomic mass is 10.0. The predicted molar refractivity (Wildman–Crippen MR) is 127 cm³/mol. The Kier molecular flexibility index (Phi) is 8.42. The summed E-state index contributed by atoms with van der Waals surface area (Å²) in [5.41, 5.74) is 3.12. The van der Waals surface area contributed by atoms with Crippen LogP contribution < -0.4 is 5.32 Å². The highest BCUT2D eigenvalue weighted by molar-refractivity contribution is 9.10. The van der Waals surface area contributed by atoms with Crippen molar-refractivity contribution in [2.75, 3.05) is 7.05 Å². The van der Waals surface area contributed by atoms with E-state index in [0.717, 1.165) is 21.2 Å². The van der Waals surface area contributed by atoms with E-state index in [1.807, 2.05) is 84.9 Å². The number of likely N-dealkylation sites (N-methyl/N-ethyl adjacent to an activating group) is 1. The van der Waals surface area contributed by atoms with Crippen molar-refractivity contribution in [2.24, 2.45) is 0 Å². The summed E-state index contributed by atoms with van der Waals surface area (Å²) < 4.78 is 0.977. The van der Waals surface area contributed by atoms with Crippen molar-refractivity contribution in [1.82, 2.24) is 10.2 Å². The highest BCUT2D eigenvalue weighted by Gasteiger charge is 2.29. The van der Waals surface area contributed by atoms with Gasteiger partial charge in [-0.15, -0.1) is 0 Å². The fourth-order valence-corrected chi connectivity index (χ4v) is 3.81. The van der Waals surface area contributed by atoms with E-state index in [1.165, 1.54) is 0 Å². The van der Waals surface area contributed by atoms with Crippen LogP contribution in [0.5, 0.6) is 0 Å². The molecule has 0 aliphatic heterocycles. The van der Waals surface area contributed by atoms with Gasteiger partial charge in [-0.05, 0) is 35.2 Å². The van der Waals surface area contributed by atoms with Crippen molar-refractivity contribution in [2.45, 2.75) is 31.8 Å². The molecule has 0 aliphatic carbocycles. The van der Waals surface area contributed by atoms with E-state index in [9.17, 15) is 9.59 Å². The third kappa shape index (κ3) is 6.79. The maximum Gasteiger partial charge on any atom is 0.242 e. The van der Waals surface area contributed by atoms with Crippen molar-refractivity contribution in [1.29, 1.82) is 0 Å². The van der Waals surface area contributed by atoms with Crippen LogP contribution in [0.25, 0.3) is 0 Å². The summed E-state index contributed by atoms with van der Waals surface area (Å²) in [5, 5.41) is 2.75. The third-order valence-corrected chi connectivity index (χ3v) is 5.78. The van der Waals surface area contributed by atoms with Crippen molar-refractivity contribution < 1.29 is 9.59 Å². The average molecular weight is 479 g/mol. The van der Waals surface area contributed by atoms with Gasteiger partial charge in [-0.25, -0.2) is 0 Å². The van der Waals surface area contributed by atoms with E-state index in [4.69, 9.17) is 0 Å². The Labute approximate surface area is 192 Å². The molecule has 0 saturated heterocycles. The number of nitrogens with one attached hydrogen (secondary N) is 1. The number of amides is 2. The van der Waals surface area contributed by atoms with E-state index in [1.54, 1.807) is 11.9 Å². The first-order valence-electron chi connectivity index (χ1n) is 10.4. The lowest BCUT2D eigenvalue weighted by molar-refractivity contribution is -0.141. The number of rotatable bonds is 9. The van der Waals surface area contributed by atoms with E-state index >= 15 is 0 Å². The number of hydrogen-bond donors (Lipinski definition) is 1. The zero-order chi connectivity index (χ0) is 22.1. The molecule has 160 valence electrons. The van der Waals surface area contributed by atoms with Gasteiger partial charge >= 0.3 is 0 Å². The standard InChI is InChI=1S/C26H27BrN2O2/c1-28-26(31)24(18-21-10-6-3-7-11-21)29(19-22-12-15-23(27)16-13-22)25(30)17-14-20-8-4-2-5-9-20/h2-13,15-16,24H,14,17-19H2,1H3,(H,28,31)/t24-/m1/s1. The second-order valence-corrected chi connectivity index (χ2v) is 8.37. The molecule has 0 bridgehead atoms. The van der Waals surface area contributed by atoms with Crippen LogP contribution in [0.4, 0.5) is 0 Å². The molecule has 0 aliphatic rings. The zero-order valence-corrected chi connectivity index (χ0v) is 19.2. The molecule has 0 spiro atoms. The lowest BCUT2D eigenvalue weighted by Crippen LogP contribution is -2.49. The summed E-state index contributed by atoms with van der Waals surface area (Å²) in [6, 6.07) is 27.1. The Bertz CT molecular complexity index is 975. The first-order valence-corrected chi connectivity index (χ1v) is 11.2. The van der Waals surface area contributed by atoms with Gasteiger partial charge in [0.05, 0.1) is 0 Å². The number of hydrogen-bond acceptors (Lipinski definition) is 2. The largest absolute Gasteiger partial charge is 0.357 e. The molecule has 0 aromatic heterocycles. The van der Waals surface area contributed by atoms with Crippen LogP contribution in [0.1, 0.15) is 23.1 Å². The minimum atomic E-state index is -0.584.